The van der Waals surface area contributed by atoms with Crippen molar-refractivity contribution < 1.29 is 14.3 Å². The number of hydrogen-bond acceptors (Lipinski definition) is 6. The number of aromatic nitrogens is 4. The molecule has 7 heteroatoms. The number of ether oxygens (including phenoxy) is 2. The Bertz CT molecular complexity index is 708. The van der Waals surface area contributed by atoms with Crippen LogP contribution in [-0.4, -0.2) is 39.4 Å². The predicted octanol–water partition coefficient (Wildman–Crippen LogP) is 1.16. The van der Waals surface area contributed by atoms with Gasteiger partial charge in [0.1, 0.15) is 0 Å². The standard InChI is InChI=1S/C14H16N4O3/c1-4-21-13(19)11-9-6-5-8-7-15-14(20-3)16-10(8)12(9)18(2)17-11/h7H,4-6H2,1-3H3. The summed E-state index contributed by atoms with van der Waals surface area (Å²) in [6.07, 6.45) is 3.26. The lowest BCUT2D eigenvalue weighted by atomic mass is 9.93. The van der Waals surface area contributed by atoms with Crippen LogP contribution in [0.15, 0.2) is 6.20 Å². The Kier molecular flexibility index (Phi) is 3.32. The highest BCUT2D eigenvalue weighted by atomic mass is 16.5. The Labute approximate surface area is 121 Å². The van der Waals surface area contributed by atoms with Gasteiger partial charge in [0.2, 0.25) is 0 Å². The molecule has 2 heterocycles. The number of carbonyl (C=O) groups is 1. The van der Waals surface area contributed by atoms with Gasteiger partial charge in [0, 0.05) is 18.8 Å². The van der Waals surface area contributed by atoms with E-state index in [1.165, 1.54) is 7.11 Å². The van der Waals surface area contributed by atoms with Crippen molar-refractivity contribution in [1.82, 2.24) is 19.7 Å². The number of rotatable bonds is 3. The number of esters is 1. The summed E-state index contributed by atoms with van der Waals surface area (Å²) in [6.45, 7) is 2.11. The van der Waals surface area contributed by atoms with Crippen molar-refractivity contribution in [3.8, 4) is 17.4 Å². The minimum absolute atomic E-state index is 0.306. The fraction of sp³-hybridized carbons (Fsp3) is 0.429. The van der Waals surface area contributed by atoms with Crippen LogP contribution in [0.5, 0.6) is 6.01 Å². The van der Waals surface area contributed by atoms with E-state index in [2.05, 4.69) is 15.1 Å². The van der Waals surface area contributed by atoms with E-state index in [0.29, 0.717) is 18.3 Å². The molecular weight excluding hydrogens is 272 g/mol. The number of methoxy groups -OCH3 is 1. The van der Waals surface area contributed by atoms with Gasteiger partial charge in [0.05, 0.1) is 25.1 Å². The van der Waals surface area contributed by atoms with Crippen molar-refractivity contribution in [2.24, 2.45) is 7.05 Å². The van der Waals surface area contributed by atoms with Gasteiger partial charge >= 0.3 is 12.0 Å². The van der Waals surface area contributed by atoms with Crippen LogP contribution < -0.4 is 4.74 Å². The van der Waals surface area contributed by atoms with Crippen molar-refractivity contribution >= 4 is 5.97 Å². The first-order chi connectivity index (χ1) is 10.2. The van der Waals surface area contributed by atoms with Gasteiger partial charge in [-0.25, -0.2) is 9.78 Å². The third-order valence-electron chi connectivity index (χ3n) is 3.51. The normalized spacial score (nSPS) is 12.5. The van der Waals surface area contributed by atoms with Gasteiger partial charge in [-0.15, -0.1) is 0 Å². The molecule has 0 N–H and O–H groups in total. The van der Waals surface area contributed by atoms with Crippen LogP contribution >= 0.6 is 0 Å². The molecule has 110 valence electrons. The minimum Gasteiger partial charge on any atom is -0.467 e. The summed E-state index contributed by atoms with van der Waals surface area (Å²) in [5.74, 6) is -0.390. The molecule has 0 saturated heterocycles. The molecule has 2 aromatic heterocycles. The van der Waals surface area contributed by atoms with Gasteiger partial charge in [-0.1, -0.05) is 0 Å². The monoisotopic (exact) mass is 288 g/mol. The Hall–Kier alpha value is -2.44. The van der Waals surface area contributed by atoms with Crippen LogP contribution in [0, 0.1) is 0 Å². The fourth-order valence-electron chi connectivity index (χ4n) is 2.60. The molecule has 0 bridgehead atoms. The topological polar surface area (TPSA) is 79.1 Å². The molecule has 0 radical (unpaired) electrons. The summed E-state index contributed by atoms with van der Waals surface area (Å²) in [6, 6.07) is 0.306. The zero-order chi connectivity index (χ0) is 15.0. The van der Waals surface area contributed by atoms with Gasteiger partial charge in [0.15, 0.2) is 5.69 Å². The highest BCUT2D eigenvalue weighted by Gasteiger charge is 2.29. The quantitative estimate of drug-likeness (QED) is 0.789. The maximum atomic E-state index is 12.0. The summed E-state index contributed by atoms with van der Waals surface area (Å²) in [4.78, 5) is 20.5. The largest absolute Gasteiger partial charge is 0.467 e. The summed E-state index contributed by atoms with van der Waals surface area (Å²) >= 11 is 0. The van der Waals surface area contributed by atoms with Crippen LogP contribution in [-0.2, 0) is 24.6 Å². The zero-order valence-corrected chi connectivity index (χ0v) is 12.2. The highest BCUT2D eigenvalue weighted by Crippen LogP contribution is 2.34. The highest BCUT2D eigenvalue weighted by molar-refractivity contribution is 5.91. The number of hydrogen-bond donors (Lipinski definition) is 0. The van der Waals surface area contributed by atoms with Gasteiger partial charge in [-0.05, 0) is 25.3 Å². The van der Waals surface area contributed by atoms with Crippen LogP contribution in [0.4, 0.5) is 0 Å². The second-order valence-corrected chi connectivity index (χ2v) is 4.75. The maximum absolute atomic E-state index is 12.0. The third-order valence-corrected chi connectivity index (χ3v) is 3.51. The molecule has 0 unspecified atom stereocenters. The molecule has 0 saturated carbocycles. The molecule has 3 rings (SSSR count). The van der Waals surface area contributed by atoms with E-state index >= 15 is 0 Å². The molecule has 21 heavy (non-hydrogen) atoms. The van der Waals surface area contributed by atoms with Gasteiger partial charge in [-0.2, -0.15) is 10.1 Å². The Morgan fingerprint density at radius 1 is 1.43 bits per heavy atom. The number of aryl methyl sites for hydroxylation is 2. The number of fused-ring (bicyclic) bond motifs is 3. The van der Waals surface area contributed by atoms with Crippen molar-refractivity contribution in [2.75, 3.05) is 13.7 Å². The molecule has 0 atom stereocenters. The van der Waals surface area contributed by atoms with Crippen LogP contribution in [0.2, 0.25) is 0 Å². The summed E-state index contributed by atoms with van der Waals surface area (Å²) in [5, 5.41) is 4.31. The number of nitrogens with zero attached hydrogens (tertiary/aromatic N) is 4. The lowest BCUT2D eigenvalue weighted by molar-refractivity contribution is 0.0517. The Morgan fingerprint density at radius 2 is 2.24 bits per heavy atom. The van der Waals surface area contributed by atoms with Gasteiger partial charge < -0.3 is 9.47 Å². The maximum Gasteiger partial charge on any atom is 0.359 e. The SMILES string of the molecule is CCOC(=O)c1nn(C)c2c1CCc1cnc(OC)nc1-2. The van der Waals surface area contributed by atoms with Gasteiger partial charge in [0.25, 0.3) is 0 Å². The average Bonchev–Trinajstić information content (AvgIpc) is 2.84. The van der Waals surface area contributed by atoms with Crippen LogP contribution in [0.1, 0.15) is 28.5 Å². The molecule has 7 nitrogen and oxygen atoms in total. The first kappa shape index (κ1) is 13.5. The van der Waals surface area contributed by atoms with Crippen molar-refractivity contribution in [1.29, 1.82) is 0 Å². The molecule has 1 aliphatic rings. The molecule has 0 aromatic carbocycles. The van der Waals surface area contributed by atoms with Crippen molar-refractivity contribution in [3.63, 3.8) is 0 Å². The first-order valence-electron chi connectivity index (χ1n) is 6.79. The molecule has 0 fully saturated rings. The van der Waals surface area contributed by atoms with Crippen LogP contribution in [0.25, 0.3) is 11.4 Å². The number of carbonyl (C=O) groups excluding carboxylic acids is 1. The molecule has 1 aliphatic carbocycles. The summed E-state index contributed by atoms with van der Waals surface area (Å²) < 4.78 is 11.8. The van der Waals surface area contributed by atoms with E-state index in [1.807, 2.05) is 0 Å². The smallest absolute Gasteiger partial charge is 0.359 e. The second kappa shape index (κ2) is 5.16. The zero-order valence-electron chi connectivity index (χ0n) is 12.2. The Morgan fingerprint density at radius 3 is 2.95 bits per heavy atom. The molecule has 2 aromatic rings. The van der Waals surface area contributed by atoms with Crippen molar-refractivity contribution in [2.45, 2.75) is 19.8 Å². The predicted molar refractivity (Wildman–Crippen MR) is 74.2 cm³/mol. The molecular formula is C14H16N4O3. The second-order valence-electron chi connectivity index (χ2n) is 4.75. The first-order valence-corrected chi connectivity index (χ1v) is 6.79. The average molecular weight is 288 g/mol. The minimum atomic E-state index is -0.390. The van der Waals surface area contributed by atoms with E-state index in [4.69, 9.17) is 9.47 Å². The van der Waals surface area contributed by atoms with Crippen molar-refractivity contribution in [3.05, 3.63) is 23.0 Å². The molecule has 0 aliphatic heterocycles. The third kappa shape index (κ3) is 2.14. The Balaban J connectivity index is 2.14. The lowest BCUT2D eigenvalue weighted by Gasteiger charge is -2.16. The van der Waals surface area contributed by atoms with Gasteiger partial charge in [-0.3, -0.25) is 4.68 Å². The fourth-order valence-corrected chi connectivity index (χ4v) is 2.60. The van der Waals surface area contributed by atoms with Crippen LogP contribution in [0.3, 0.4) is 0 Å². The van der Waals surface area contributed by atoms with E-state index in [-0.39, 0.29) is 5.97 Å². The van der Waals surface area contributed by atoms with E-state index in [0.717, 1.165) is 35.4 Å². The molecule has 0 spiro atoms. The van der Waals surface area contributed by atoms with E-state index in [9.17, 15) is 4.79 Å². The lowest BCUT2D eigenvalue weighted by Crippen LogP contribution is -2.12. The summed E-state index contributed by atoms with van der Waals surface area (Å²) in [5.41, 5.74) is 3.89. The summed E-state index contributed by atoms with van der Waals surface area (Å²) in [7, 11) is 3.32. The molecule has 0 amide bonds. The van der Waals surface area contributed by atoms with E-state index in [1.54, 1.807) is 24.9 Å². The van der Waals surface area contributed by atoms with E-state index < -0.39 is 0 Å².